The number of nitrogens with zero attached hydrogens (tertiary/aromatic N) is 1. The van der Waals surface area contributed by atoms with Crippen molar-refractivity contribution in [3.63, 3.8) is 0 Å². The molecular formula is C16H9NO3. The number of methoxy groups -OCH3 is 1. The summed E-state index contributed by atoms with van der Waals surface area (Å²) in [5.74, 6) is -0.791. The van der Waals surface area contributed by atoms with Crippen molar-refractivity contribution in [2.75, 3.05) is 7.11 Å². The van der Waals surface area contributed by atoms with Crippen LogP contribution in [0.15, 0.2) is 41.2 Å². The van der Waals surface area contributed by atoms with Crippen LogP contribution in [0, 0.1) is 11.3 Å². The van der Waals surface area contributed by atoms with Crippen LogP contribution >= 0.6 is 0 Å². The molecule has 20 heavy (non-hydrogen) atoms. The zero-order valence-corrected chi connectivity index (χ0v) is 10.6. The molecule has 96 valence electrons. The van der Waals surface area contributed by atoms with E-state index in [9.17, 15) is 14.9 Å². The molecule has 0 bridgehead atoms. The fourth-order valence-corrected chi connectivity index (χ4v) is 2.55. The highest BCUT2D eigenvalue weighted by atomic mass is 16.5. The van der Waals surface area contributed by atoms with Gasteiger partial charge in [0.05, 0.1) is 12.3 Å². The molecule has 4 nitrogen and oxygen atoms in total. The maximum atomic E-state index is 12.5. The minimum atomic E-state index is -0.791. The summed E-state index contributed by atoms with van der Waals surface area (Å²) >= 11 is 0. The van der Waals surface area contributed by atoms with E-state index in [1.54, 1.807) is 30.3 Å². The van der Waals surface area contributed by atoms with E-state index in [0.29, 0.717) is 10.8 Å². The molecule has 4 heteroatoms. The topological polar surface area (TPSA) is 67.2 Å². The van der Waals surface area contributed by atoms with Crippen LogP contribution in [-0.4, -0.2) is 13.1 Å². The van der Waals surface area contributed by atoms with Gasteiger partial charge >= 0.3 is 5.97 Å². The fraction of sp³-hybridized carbons (Fsp3) is 0.0625. The highest BCUT2D eigenvalue weighted by molar-refractivity contribution is 6.20. The lowest BCUT2D eigenvalue weighted by atomic mass is 10.1. The van der Waals surface area contributed by atoms with E-state index in [1.807, 2.05) is 12.1 Å². The van der Waals surface area contributed by atoms with Crippen molar-refractivity contribution in [1.29, 1.82) is 5.26 Å². The second-order valence-electron chi connectivity index (χ2n) is 4.39. The van der Waals surface area contributed by atoms with E-state index in [1.165, 1.54) is 7.11 Å². The molecule has 0 aliphatic heterocycles. The number of rotatable bonds is 1. The monoisotopic (exact) mass is 263 g/mol. The normalized spacial score (nSPS) is 12.4. The molecule has 0 saturated heterocycles. The Morgan fingerprint density at radius 1 is 1.15 bits per heavy atom. The first-order chi connectivity index (χ1) is 9.69. The van der Waals surface area contributed by atoms with Crippen LogP contribution < -0.4 is 10.6 Å². The fourth-order valence-electron chi connectivity index (χ4n) is 2.55. The highest BCUT2D eigenvalue weighted by Crippen LogP contribution is 2.23. The lowest BCUT2D eigenvalue weighted by molar-refractivity contribution is -0.133. The Morgan fingerprint density at radius 2 is 1.80 bits per heavy atom. The second-order valence-corrected chi connectivity index (χ2v) is 4.39. The Morgan fingerprint density at radius 3 is 2.40 bits per heavy atom. The Kier molecular flexibility index (Phi) is 2.62. The van der Waals surface area contributed by atoms with Crippen LogP contribution in [0.25, 0.3) is 27.1 Å². The third-order valence-electron chi connectivity index (χ3n) is 3.40. The van der Waals surface area contributed by atoms with Gasteiger partial charge in [0.15, 0.2) is 5.43 Å². The van der Waals surface area contributed by atoms with Gasteiger partial charge in [-0.05, 0) is 10.8 Å². The number of esters is 1. The molecule has 0 fully saturated rings. The first-order valence-corrected chi connectivity index (χ1v) is 5.98. The van der Waals surface area contributed by atoms with Crippen LogP contribution in [0.5, 0.6) is 0 Å². The van der Waals surface area contributed by atoms with Gasteiger partial charge in [0, 0.05) is 10.8 Å². The van der Waals surface area contributed by atoms with Crippen molar-refractivity contribution in [3.05, 3.63) is 51.8 Å². The van der Waals surface area contributed by atoms with Crippen molar-refractivity contribution < 1.29 is 9.53 Å². The molecule has 3 rings (SSSR count). The molecule has 0 spiro atoms. The van der Waals surface area contributed by atoms with Crippen LogP contribution in [0.3, 0.4) is 0 Å². The largest absolute Gasteiger partial charge is 0.465 e. The first kappa shape index (κ1) is 12.1. The van der Waals surface area contributed by atoms with Crippen molar-refractivity contribution in [2.45, 2.75) is 0 Å². The number of benzene rings is 2. The third kappa shape index (κ3) is 1.47. The van der Waals surface area contributed by atoms with Crippen molar-refractivity contribution in [1.82, 2.24) is 0 Å². The van der Waals surface area contributed by atoms with E-state index in [0.717, 1.165) is 10.8 Å². The predicted molar refractivity (Wildman–Crippen MR) is 75.2 cm³/mol. The van der Waals surface area contributed by atoms with Crippen molar-refractivity contribution in [3.8, 4) is 6.07 Å². The average molecular weight is 263 g/mol. The van der Waals surface area contributed by atoms with Gasteiger partial charge in [-0.15, -0.1) is 0 Å². The molecule has 3 aromatic rings. The molecule has 0 amide bonds. The highest BCUT2D eigenvalue weighted by Gasteiger charge is 2.18. The lowest BCUT2D eigenvalue weighted by Gasteiger charge is -1.97. The Balaban J connectivity index is 2.69. The molecule has 0 N–H and O–H groups in total. The standard InChI is InChI=1S/C16H9NO3/c1-20-16(19)12(8-17)14-10-6-2-4-9-5-3-7-11(13(9)10)15(14)18/h2-7H,1H3/b14-12+. The summed E-state index contributed by atoms with van der Waals surface area (Å²) in [6.07, 6.45) is 0. The van der Waals surface area contributed by atoms with Gasteiger partial charge in [0.1, 0.15) is 11.6 Å². The molecule has 0 aromatic heterocycles. The third-order valence-corrected chi connectivity index (χ3v) is 3.40. The molecule has 0 unspecified atom stereocenters. The zero-order valence-electron chi connectivity index (χ0n) is 10.6. The van der Waals surface area contributed by atoms with E-state index < -0.39 is 5.97 Å². The minimum Gasteiger partial charge on any atom is -0.465 e. The van der Waals surface area contributed by atoms with Gasteiger partial charge in [0.25, 0.3) is 0 Å². The maximum absolute atomic E-state index is 12.5. The first-order valence-electron chi connectivity index (χ1n) is 5.98. The van der Waals surface area contributed by atoms with Crippen LogP contribution in [0.2, 0.25) is 0 Å². The van der Waals surface area contributed by atoms with Gasteiger partial charge in [-0.1, -0.05) is 36.4 Å². The Labute approximate surface area is 113 Å². The lowest BCUT2D eigenvalue weighted by Crippen LogP contribution is -2.25. The summed E-state index contributed by atoms with van der Waals surface area (Å²) in [5.41, 5.74) is -0.556. The van der Waals surface area contributed by atoms with Gasteiger partial charge in [-0.25, -0.2) is 4.79 Å². The summed E-state index contributed by atoms with van der Waals surface area (Å²) in [4.78, 5) is 24.2. The zero-order chi connectivity index (χ0) is 14.3. The summed E-state index contributed by atoms with van der Waals surface area (Å²) in [7, 11) is 1.19. The summed E-state index contributed by atoms with van der Waals surface area (Å²) in [6.45, 7) is 0. The quantitative estimate of drug-likeness (QED) is 0.622. The second kappa shape index (κ2) is 4.32. The summed E-state index contributed by atoms with van der Waals surface area (Å²) < 4.78 is 4.59. The number of hydrogen-bond donors (Lipinski definition) is 0. The molecule has 0 heterocycles. The number of carbonyl (C=O) groups is 1. The molecule has 3 aromatic carbocycles. The number of ether oxygens (including phenoxy) is 1. The summed E-state index contributed by atoms with van der Waals surface area (Å²) in [5, 5.41) is 12.1. The Hall–Kier alpha value is -2.93. The average Bonchev–Trinajstić information content (AvgIpc) is 2.76. The number of carbonyl (C=O) groups excluding carboxylic acids is 1. The SMILES string of the molecule is COC(=O)/C(C#N)=c1/c(=O)c2cccc3cccc1c32. The van der Waals surface area contributed by atoms with Crippen LogP contribution in [-0.2, 0) is 9.53 Å². The van der Waals surface area contributed by atoms with E-state index in [4.69, 9.17) is 0 Å². The molecule has 0 radical (unpaired) electrons. The molecule has 0 aliphatic rings. The van der Waals surface area contributed by atoms with E-state index in [2.05, 4.69) is 4.74 Å². The molecular weight excluding hydrogens is 254 g/mol. The predicted octanol–water partition coefficient (Wildman–Crippen LogP) is 1.36. The summed E-state index contributed by atoms with van der Waals surface area (Å²) in [6, 6.07) is 12.6. The van der Waals surface area contributed by atoms with Gasteiger partial charge < -0.3 is 4.74 Å². The minimum absolute atomic E-state index is 0.131. The molecule has 0 aliphatic carbocycles. The van der Waals surface area contributed by atoms with Crippen LogP contribution in [0.1, 0.15) is 0 Å². The maximum Gasteiger partial charge on any atom is 0.349 e. The molecule has 0 atom stereocenters. The molecule has 0 saturated carbocycles. The van der Waals surface area contributed by atoms with Crippen molar-refractivity contribution >= 4 is 33.1 Å². The van der Waals surface area contributed by atoms with Gasteiger partial charge in [-0.3, -0.25) is 4.79 Å². The number of nitriles is 1. The van der Waals surface area contributed by atoms with Gasteiger partial charge in [0.2, 0.25) is 0 Å². The van der Waals surface area contributed by atoms with Crippen LogP contribution in [0.4, 0.5) is 0 Å². The van der Waals surface area contributed by atoms with E-state index >= 15 is 0 Å². The Bertz CT molecular complexity index is 977. The van der Waals surface area contributed by atoms with Gasteiger partial charge in [-0.2, -0.15) is 5.26 Å². The van der Waals surface area contributed by atoms with Crippen molar-refractivity contribution in [2.24, 2.45) is 0 Å². The smallest absolute Gasteiger partial charge is 0.349 e. The number of hydrogen-bond acceptors (Lipinski definition) is 4. The van der Waals surface area contributed by atoms with E-state index in [-0.39, 0.29) is 16.2 Å².